The molecule has 0 amide bonds. The first kappa shape index (κ1) is 13.9. The Morgan fingerprint density at radius 1 is 1.20 bits per heavy atom. The van der Waals surface area contributed by atoms with Gasteiger partial charge in [-0.1, -0.05) is 0 Å². The maximum absolute atomic E-state index is 6.15. The Bertz CT molecular complexity index is 513. The van der Waals surface area contributed by atoms with Crippen LogP contribution in [0.1, 0.15) is 39.2 Å². The Morgan fingerprint density at radius 3 is 2.30 bits per heavy atom. The predicted molar refractivity (Wildman–Crippen MR) is 80.0 cm³/mol. The minimum absolute atomic E-state index is 0.359. The van der Waals surface area contributed by atoms with Crippen molar-refractivity contribution in [3.05, 3.63) is 18.0 Å². The molecule has 2 aliphatic rings. The quantitative estimate of drug-likeness (QED) is 0.776. The van der Waals surface area contributed by atoms with Gasteiger partial charge in [0.15, 0.2) is 0 Å². The van der Waals surface area contributed by atoms with Gasteiger partial charge in [0.05, 0.1) is 16.9 Å². The molecule has 0 atom stereocenters. The molecule has 2 fully saturated rings. The van der Waals surface area contributed by atoms with E-state index in [-0.39, 0.29) is 11.2 Å². The molecule has 0 aromatic carbocycles. The van der Waals surface area contributed by atoms with E-state index in [4.69, 9.17) is 15.0 Å². The number of nitrogens with zero attached hydrogens (tertiary/aromatic N) is 1. The number of nitrogens with one attached hydrogen (secondary N) is 1. The third-order valence-electron chi connectivity index (χ3n) is 4.76. The molecule has 0 aliphatic carbocycles. The highest BCUT2D eigenvalue weighted by atomic mass is 16.7. The molecule has 3 N–H and O–H groups in total. The van der Waals surface area contributed by atoms with Crippen molar-refractivity contribution in [2.75, 3.05) is 18.8 Å². The molecule has 108 valence electrons. The van der Waals surface area contributed by atoms with E-state index in [1.807, 2.05) is 6.20 Å². The molecule has 0 radical (unpaired) electrons. The Morgan fingerprint density at radius 2 is 1.80 bits per heavy atom. The van der Waals surface area contributed by atoms with Crippen LogP contribution >= 0.6 is 0 Å². The summed E-state index contributed by atoms with van der Waals surface area (Å²) in [5.74, 6) is 0.444. The first-order valence-corrected chi connectivity index (χ1v) is 7.11. The van der Waals surface area contributed by atoms with Crippen molar-refractivity contribution in [2.24, 2.45) is 0 Å². The minimum atomic E-state index is -0.418. The fourth-order valence-corrected chi connectivity index (χ4v) is 2.57. The van der Waals surface area contributed by atoms with Gasteiger partial charge in [-0.15, -0.1) is 0 Å². The molecule has 20 heavy (non-hydrogen) atoms. The van der Waals surface area contributed by atoms with Crippen molar-refractivity contribution < 1.29 is 9.31 Å². The maximum Gasteiger partial charge on any atom is 0.497 e. The van der Waals surface area contributed by atoms with Crippen LogP contribution in [-0.4, -0.2) is 36.4 Å². The van der Waals surface area contributed by atoms with Crippen molar-refractivity contribution in [2.45, 2.75) is 44.8 Å². The molecule has 5 nitrogen and oxygen atoms in total. The van der Waals surface area contributed by atoms with Gasteiger partial charge < -0.3 is 20.4 Å². The second kappa shape index (κ2) is 4.45. The summed E-state index contributed by atoms with van der Waals surface area (Å²) in [5, 5.41) is 3.28. The van der Waals surface area contributed by atoms with Crippen LogP contribution in [0, 0.1) is 0 Å². The molecular formula is C14H22BN3O2. The summed E-state index contributed by atoms with van der Waals surface area (Å²) in [6.45, 7) is 10.1. The number of nitrogen functional groups attached to an aromatic ring is 1. The van der Waals surface area contributed by atoms with Crippen LogP contribution in [0.15, 0.2) is 12.4 Å². The Balaban J connectivity index is 1.99. The topological polar surface area (TPSA) is 69.4 Å². The summed E-state index contributed by atoms with van der Waals surface area (Å²) in [6.07, 6.45) is 3.57. The summed E-state index contributed by atoms with van der Waals surface area (Å²) in [4.78, 5) is 4.23. The molecule has 3 heterocycles. The number of anilines is 1. The molecular weight excluding hydrogens is 253 g/mol. The fourth-order valence-electron chi connectivity index (χ4n) is 2.57. The minimum Gasteiger partial charge on any atom is -0.399 e. The molecule has 2 aliphatic heterocycles. The van der Waals surface area contributed by atoms with E-state index in [1.165, 1.54) is 0 Å². The summed E-state index contributed by atoms with van der Waals surface area (Å²) in [7, 11) is -0.418. The van der Waals surface area contributed by atoms with Crippen molar-refractivity contribution in [1.82, 2.24) is 10.3 Å². The Labute approximate surface area is 120 Å². The van der Waals surface area contributed by atoms with Crippen LogP contribution in [0.3, 0.4) is 0 Å². The average molecular weight is 275 g/mol. The van der Waals surface area contributed by atoms with Crippen LogP contribution < -0.4 is 16.5 Å². The number of rotatable bonds is 2. The third kappa shape index (κ3) is 2.03. The zero-order chi connectivity index (χ0) is 14.5. The van der Waals surface area contributed by atoms with Crippen molar-refractivity contribution in [1.29, 1.82) is 0 Å². The highest BCUT2D eigenvalue weighted by Crippen LogP contribution is 2.37. The SMILES string of the molecule is CC1(C)OB(c2c(N)cncc2C2CNC2)OC1(C)C. The standard InChI is InChI=1S/C14H22BN3O2/c1-13(2)14(3,4)20-15(19-13)12-10(9-5-17-6-9)7-18-8-11(12)16/h7-9,17H,5-6,16H2,1-4H3. The van der Waals surface area contributed by atoms with Crippen molar-refractivity contribution >= 4 is 18.3 Å². The van der Waals surface area contributed by atoms with E-state index in [1.54, 1.807) is 6.20 Å². The van der Waals surface area contributed by atoms with E-state index >= 15 is 0 Å². The normalized spacial score (nSPS) is 24.7. The largest absolute Gasteiger partial charge is 0.497 e. The van der Waals surface area contributed by atoms with Crippen molar-refractivity contribution in [3.8, 4) is 0 Å². The van der Waals surface area contributed by atoms with E-state index in [0.29, 0.717) is 11.6 Å². The van der Waals surface area contributed by atoms with Crippen LogP contribution in [-0.2, 0) is 9.31 Å². The lowest BCUT2D eigenvalue weighted by Gasteiger charge is -2.32. The lowest BCUT2D eigenvalue weighted by Crippen LogP contribution is -2.46. The number of aromatic nitrogens is 1. The zero-order valence-corrected chi connectivity index (χ0v) is 12.6. The van der Waals surface area contributed by atoms with Gasteiger partial charge >= 0.3 is 7.12 Å². The van der Waals surface area contributed by atoms with Crippen LogP contribution in [0.5, 0.6) is 0 Å². The predicted octanol–water partition coefficient (Wildman–Crippen LogP) is 0.650. The second-order valence-electron chi connectivity index (χ2n) is 6.68. The highest BCUT2D eigenvalue weighted by molar-refractivity contribution is 6.64. The molecule has 3 rings (SSSR count). The maximum atomic E-state index is 6.15. The molecule has 0 saturated carbocycles. The summed E-state index contributed by atoms with van der Waals surface area (Å²) >= 11 is 0. The first-order valence-electron chi connectivity index (χ1n) is 7.11. The number of hydrogen-bond acceptors (Lipinski definition) is 5. The van der Waals surface area contributed by atoms with Gasteiger partial charge in [-0.05, 0) is 33.3 Å². The molecule has 0 unspecified atom stereocenters. The first-order chi connectivity index (χ1) is 9.32. The fraction of sp³-hybridized carbons (Fsp3) is 0.643. The van der Waals surface area contributed by atoms with Gasteiger partial charge in [0.25, 0.3) is 0 Å². The van der Waals surface area contributed by atoms with E-state index in [0.717, 1.165) is 24.1 Å². The number of pyridine rings is 1. The van der Waals surface area contributed by atoms with Crippen molar-refractivity contribution in [3.63, 3.8) is 0 Å². The van der Waals surface area contributed by atoms with Crippen LogP contribution in [0.25, 0.3) is 0 Å². The van der Waals surface area contributed by atoms with Gasteiger partial charge in [-0.2, -0.15) is 0 Å². The second-order valence-corrected chi connectivity index (χ2v) is 6.68. The van der Waals surface area contributed by atoms with Gasteiger partial charge in [-0.25, -0.2) is 0 Å². The summed E-state index contributed by atoms with van der Waals surface area (Å²) < 4.78 is 12.3. The van der Waals surface area contributed by atoms with Gasteiger partial charge in [0, 0.05) is 36.9 Å². The lowest BCUT2D eigenvalue weighted by atomic mass is 9.72. The van der Waals surface area contributed by atoms with E-state index in [2.05, 4.69) is 38.0 Å². The molecule has 2 saturated heterocycles. The monoisotopic (exact) mass is 275 g/mol. The van der Waals surface area contributed by atoms with Crippen LogP contribution in [0.4, 0.5) is 5.69 Å². The molecule has 1 aromatic rings. The van der Waals surface area contributed by atoms with Gasteiger partial charge in [-0.3, -0.25) is 4.98 Å². The smallest absolute Gasteiger partial charge is 0.399 e. The Hall–Kier alpha value is -1.11. The summed E-state index contributed by atoms with van der Waals surface area (Å²) in [6, 6.07) is 0. The van der Waals surface area contributed by atoms with Gasteiger partial charge in [0.1, 0.15) is 0 Å². The molecule has 0 bridgehead atoms. The number of hydrogen-bond donors (Lipinski definition) is 2. The third-order valence-corrected chi connectivity index (χ3v) is 4.76. The van der Waals surface area contributed by atoms with E-state index < -0.39 is 7.12 Å². The molecule has 1 aromatic heterocycles. The zero-order valence-electron chi connectivity index (χ0n) is 12.6. The Kier molecular flexibility index (Phi) is 3.08. The molecule has 0 spiro atoms. The van der Waals surface area contributed by atoms with E-state index in [9.17, 15) is 0 Å². The van der Waals surface area contributed by atoms with Crippen LogP contribution in [0.2, 0.25) is 0 Å². The molecule has 6 heteroatoms. The highest BCUT2D eigenvalue weighted by Gasteiger charge is 2.53. The average Bonchev–Trinajstić information content (AvgIpc) is 2.45. The summed E-state index contributed by atoms with van der Waals surface area (Å²) in [5.41, 5.74) is 8.17. The number of nitrogens with two attached hydrogens (primary N) is 1. The van der Waals surface area contributed by atoms with Gasteiger partial charge in [0.2, 0.25) is 0 Å². The lowest BCUT2D eigenvalue weighted by molar-refractivity contribution is 0.00578.